The first-order chi connectivity index (χ1) is 12.0. The fourth-order valence-corrected chi connectivity index (χ4v) is 2.18. The van der Waals surface area contributed by atoms with E-state index < -0.39 is 17.5 Å². The lowest BCUT2D eigenvalue weighted by Gasteiger charge is -2.11. The molecule has 6 nitrogen and oxygen atoms in total. The first-order valence-electron chi connectivity index (χ1n) is 7.08. The second-order valence-corrected chi connectivity index (χ2v) is 5.33. The lowest BCUT2D eigenvalue weighted by molar-refractivity contribution is 0.0946. The number of hydrogen-bond donors (Lipinski definition) is 2. The molecule has 0 fully saturated rings. The van der Waals surface area contributed by atoms with Gasteiger partial charge in [0.25, 0.3) is 5.91 Å². The molecule has 128 valence electrons. The molecule has 2 heterocycles. The molecule has 0 saturated heterocycles. The number of rotatable bonds is 5. The first kappa shape index (κ1) is 16.8. The maximum Gasteiger partial charge on any atom is 0.271 e. The van der Waals surface area contributed by atoms with Crippen molar-refractivity contribution in [3.63, 3.8) is 0 Å². The minimum absolute atomic E-state index is 0.0557. The van der Waals surface area contributed by atoms with Crippen molar-refractivity contribution in [2.45, 2.75) is 6.54 Å². The molecule has 0 aliphatic heterocycles. The van der Waals surface area contributed by atoms with Gasteiger partial charge in [0, 0.05) is 24.4 Å². The Hall–Kier alpha value is -3.00. The molecule has 0 unspecified atom stereocenters. The molecule has 0 aliphatic carbocycles. The van der Waals surface area contributed by atoms with Gasteiger partial charge in [-0.25, -0.2) is 13.8 Å². The van der Waals surface area contributed by atoms with Crippen molar-refractivity contribution in [2.75, 3.05) is 0 Å². The zero-order valence-electron chi connectivity index (χ0n) is 12.6. The Balaban J connectivity index is 1.75. The van der Waals surface area contributed by atoms with Crippen LogP contribution in [0.15, 0.2) is 42.7 Å². The van der Waals surface area contributed by atoms with Gasteiger partial charge in [0.15, 0.2) is 11.6 Å². The number of ether oxygens (including phenoxy) is 1. The Labute approximate surface area is 145 Å². The highest BCUT2D eigenvalue weighted by molar-refractivity contribution is 6.33. The summed E-state index contributed by atoms with van der Waals surface area (Å²) in [5.74, 6) is -2.13. The summed E-state index contributed by atoms with van der Waals surface area (Å²) in [6, 6.07) is 6.23. The molecule has 0 aliphatic rings. The van der Waals surface area contributed by atoms with Crippen molar-refractivity contribution in [1.29, 1.82) is 0 Å². The normalized spacial score (nSPS) is 10.5. The van der Waals surface area contributed by atoms with E-state index in [2.05, 4.69) is 20.5 Å². The highest BCUT2D eigenvalue weighted by Crippen LogP contribution is 2.26. The summed E-state index contributed by atoms with van der Waals surface area (Å²) >= 11 is 5.82. The molecule has 0 bridgehead atoms. The summed E-state index contributed by atoms with van der Waals surface area (Å²) in [4.78, 5) is 16.0. The summed E-state index contributed by atoms with van der Waals surface area (Å²) in [7, 11) is 0. The predicted molar refractivity (Wildman–Crippen MR) is 85.4 cm³/mol. The minimum Gasteiger partial charge on any atom is -0.436 e. The Bertz CT molecular complexity index is 917. The van der Waals surface area contributed by atoms with Gasteiger partial charge in [-0.2, -0.15) is 5.10 Å². The van der Waals surface area contributed by atoms with Gasteiger partial charge in [0.1, 0.15) is 11.5 Å². The summed E-state index contributed by atoms with van der Waals surface area (Å²) in [5.41, 5.74) is 0.618. The van der Waals surface area contributed by atoms with Crippen LogP contribution in [0.3, 0.4) is 0 Å². The van der Waals surface area contributed by atoms with Crippen LogP contribution >= 0.6 is 11.6 Å². The second-order valence-electron chi connectivity index (χ2n) is 4.92. The van der Waals surface area contributed by atoms with Gasteiger partial charge in [-0.05, 0) is 18.2 Å². The third-order valence-corrected chi connectivity index (χ3v) is 3.50. The van der Waals surface area contributed by atoms with E-state index in [1.54, 1.807) is 12.1 Å². The van der Waals surface area contributed by atoms with Crippen LogP contribution < -0.4 is 10.1 Å². The molecule has 3 rings (SSSR count). The Morgan fingerprint density at radius 1 is 1.32 bits per heavy atom. The summed E-state index contributed by atoms with van der Waals surface area (Å²) < 4.78 is 32.1. The fourth-order valence-electron chi connectivity index (χ4n) is 2.01. The number of H-pyrrole nitrogens is 1. The topological polar surface area (TPSA) is 79.9 Å². The van der Waals surface area contributed by atoms with Crippen molar-refractivity contribution < 1.29 is 18.3 Å². The van der Waals surface area contributed by atoms with Gasteiger partial charge in [-0.3, -0.25) is 9.89 Å². The lowest BCUT2D eigenvalue weighted by Crippen LogP contribution is -2.23. The van der Waals surface area contributed by atoms with Gasteiger partial charge in [0.05, 0.1) is 11.2 Å². The maximum absolute atomic E-state index is 13.7. The summed E-state index contributed by atoms with van der Waals surface area (Å²) in [6.07, 6.45) is 2.76. The number of carbonyl (C=O) groups is 1. The number of hydrogen-bond acceptors (Lipinski definition) is 4. The minimum atomic E-state index is -0.857. The van der Waals surface area contributed by atoms with Crippen molar-refractivity contribution in [3.8, 4) is 11.6 Å². The smallest absolute Gasteiger partial charge is 0.271 e. The molecule has 0 radical (unpaired) electrons. The van der Waals surface area contributed by atoms with E-state index in [9.17, 15) is 13.6 Å². The van der Waals surface area contributed by atoms with E-state index in [1.165, 1.54) is 12.4 Å². The van der Waals surface area contributed by atoms with Gasteiger partial charge in [0.2, 0.25) is 5.88 Å². The average molecular weight is 365 g/mol. The van der Waals surface area contributed by atoms with Crippen molar-refractivity contribution in [3.05, 3.63) is 70.6 Å². The van der Waals surface area contributed by atoms with Gasteiger partial charge >= 0.3 is 0 Å². The van der Waals surface area contributed by atoms with Crippen LogP contribution in [0.4, 0.5) is 8.78 Å². The van der Waals surface area contributed by atoms with E-state index in [0.29, 0.717) is 11.6 Å². The average Bonchev–Trinajstić information content (AvgIpc) is 3.02. The van der Waals surface area contributed by atoms with E-state index in [-0.39, 0.29) is 28.9 Å². The van der Waals surface area contributed by atoms with E-state index in [0.717, 1.165) is 12.1 Å². The van der Waals surface area contributed by atoms with E-state index in [1.807, 2.05) is 0 Å². The SMILES string of the molecule is O=C(NCc1cccnc1Oc1ccc(F)cc1F)c1[nH]ncc1Cl. The number of nitrogens with zero attached hydrogens (tertiary/aromatic N) is 2. The third kappa shape index (κ3) is 3.92. The van der Waals surface area contributed by atoms with Crippen molar-refractivity contribution in [1.82, 2.24) is 20.5 Å². The maximum atomic E-state index is 13.7. The highest BCUT2D eigenvalue weighted by atomic mass is 35.5. The number of halogens is 3. The van der Waals surface area contributed by atoms with Crippen LogP contribution in [0, 0.1) is 11.6 Å². The molecule has 9 heteroatoms. The molecular formula is C16H11ClF2N4O2. The van der Waals surface area contributed by atoms with Crippen LogP contribution in [0.25, 0.3) is 0 Å². The van der Waals surface area contributed by atoms with Crippen molar-refractivity contribution >= 4 is 17.5 Å². The van der Waals surface area contributed by atoms with E-state index >= 15 is 0 Å². The Kier molecular flexibility index (Phi) is 4.90. The number of aromatic amines is 1. The third-order valence-electron chi connectivity index (χ3n) is 3.21. The molecule has 2 aromatic heterocycles. The van der Waals surface area contributed by atoms with Crippen LogP contribution in [-0.2, 0) is 6.54 Å². The number of nitrogens with one attached hydrogen (secondary N) is 2. The molecular weight excluding hydrogens is 354 g/mol. The Morgan fingerprint density at radius 3 is 2.88 bits per heavy atom. The molecule has 2 N–H and O–H groups in total. The van der Waals surface area contributed by atoms with Gasteiger partial charge in [-0.15, -0.1) is 0 Å². The number of benzene rings is 1. The molecule has 0 atom stereocenters. The first-order valence-corrected chi connectivity index (χ1v) is 7.46. The van der Waals surface area contributed by atoms with Gasteiger partial charge < -0.3 is 10.1 Å². The van der Waals surface area contributed by atoms with Gasteiger partial charge in [-0.1, -0.05) is 17.7 Å². The lowest BCUT2D eigenvalue weighted by atomic mass is 10.2. The van der Waals surface area contributed by atoms with Crippen LogP contribution in [0.5, 0.6) is 11.6 Å². The monoisotopic (exact) mass is 364 g/mol. The zero-order valence-corrected chi connectivity index (χ0v) is 13.3. The van der Waals surface area contributed by atoms with E-state index in [4.69, 9.17) is 16.3 Å². The largest absolute Gasteiger partial charge is 0.436 e. The van der Waals surface area contributed by atoms with Crippen LogP contribution in [0.1, 0.15) is 16.1 Å². The highest BCUT2D eigenvalue weighted by Gasteiger charge is 2.14. The van der Waals surface area contributed by atoms with Crippen molar-refractivity contribution in [2.24, 2.45) is 0 Å². The molecule has 0 saturated carbocycles. The molecule has 0 spiro atoms. The zero-order chi connectivity index (χ0) is 17.8. The molecule has 1 aromatic carbocycles. The summed E-state index contributed by atoms with van der Waals surface area (Å²) in [5, 5.41) is 8.96. The van der Waals surface area contributed by atoms with Crippen LogP contribution in [-0.4, -0.2) is 21.1 Å². The predicted octanol–water partition coefficient (Wildman–Crippen LogP) is 3.46. The standard InChI is InChI=1S/C16H11ClF2N4O2/c17-11-8-22-23-14(11)15(24)21-7-9-2-1-5-20-16(9)25-13-4-3-10(18)6-12(13)19/h1-6,8H,7H2,(H,21,24)(H,22,23). The van der Waals surface area contributed by atoms with Crippen LogP contribution in [0.2, 0.25) is 5.02 Å². The number of aromatic nitrogens is 3. The Morgan fingerprint density at radius 2 is 2.16 bits per heavy atom. The quantitative estimate of drug-likeness (QED) is 0.726. The summed E-state index contributed by atoms with van der Waals surface area (Å²) in [6.45, 7) is 0.0557. The molecule has 25 heavy (non-hydrogen) atoms. The number of carbonyl (C=O) groups excluding carboxylic acids is 1. The molecule has 3 aromatic rings. The second kappa shape index (κ2) is 7.27. The number of amides is 1. The fraction of sp³-hybridized carbons (Fsp3) is 0.0625. The molecule has 1 amide bonds. The number of pyridine rings is 1.